The smallest absolute Gasteiger partial charge is 0.243 e. The highest BCUT2D eigenvalue weighted by Gasteiger charge is 2.31. The van der Waals surface area contributed by atoms with Gasteiger partial charge in [-0.25, -0.2) is 8.42 Å². The fraction of sp³-hybridized carbons (Fsp3) is 0.375. The molecule has 1 N–H and O–H groups in total. The molecule has 41 heavy (non-hydrogen) atoms. The van der Waals surface area contributed by atoms with Crippen LogP contribution in [0, 0.1) is 6.92 Å². The molecule has 0 radical (unpaired) electrons. The van der Waals surface area contributed by atoms with Crippen LogP contribution in [0.15, 0.2) is 78.9 Å². The summed E-state index contributed by atoms with van der Waals surface area (Å²) in [6.45, 7) is 6.16. The fourth-order valence-electron chi connectivity index (χ4n) is 4.66. The van der Waals surface area contributed by atoms with E-state index in [1.54, 1.807) is 36.3 Å². The van der Waals surface area contributed by atoms with Gasteiger partial charge in [-0.05, 0) is 68.1 Å². The zero-order chi connectivity index (χ0) is 30.0. The first-order chi connectivity index (χ1) is 19.5. The number of benzene rings is 3. The van der Waals surface area contributed by atoms with E-state index in [2.05, 4.69) is 5.32 Å². The molecule has 0 saturated heterocycles. The first-order valence-electron chi connectivity index (χ1n) is 13.8. The largest absolute Gasteiger partial charge is 0.497 e. The summed E-state index contributed by atoms with van der Waals surface area (Å²) in [5, 5.41) is 2.99. The topological polar surface area (TPSA) is 96.0 Å². The van der Waals surface area contributed by atoms with Crippen LogP contribution in [0.1, 0.15) is 43.4 Å². The van der Waals surface area contributed by atoms with Gasteiger partial charge in [0.1, 0.15) is 11.8 Å². The van der Waals surface area contributed by atoms with Crippen molar-refractivity contribution in [1.29, 1.82) is 0 Å². The Balaban J connectivity index is 1.88. The van der Waals surface area contributed by atoms with Crippen molar-refractivity contribution >= 4 is 27.5 Å². The van der Waals surface area contributed by atoms with Crippen LogP contribution in [0.5, 0.6) is 5.75 Å². The molecular formula is C32H41N3O5S. The Kier molecular flexibility index (Phi) is 11.3. The Morgan fingerprint density at radius 2 is 1.56 bits per heavy atom. The van der Waals surface area contributed by atoms with Gasteiger partial charge >= 0.3 is 0 Å². The number of aryl methyl sites for hydroxylation is 1. The van der Waals surface area contributed by atoms with Gasteiger partial charge in [0.25, 0.3) is 0 Å². The van der Waals surface area contributed by atoms with Crippen molar-refractivity contribution < 1.29 is 22.7 Å². The summed E-state index contributed by atoms with van der Waals surface area (Å²) in [5.74, 6) is 0.186. The Labute approximate surface area is 244 Å². The van der Waals surface area contributed by atoms with Crippen LogP contribution in [0.25, 0.3) is 0 Å². The highest BCUT2D eigenvalue weighted by atomic mass is 32.2. The molecular weight excluding hydrogens is 538 g/mol. The van der Waals surface area contributed by atoms with E-state index in [1.807, 2.05) is 75.4 Å². The van der Waals surface area contributed by atoms with E-state index in [-0.39, 0.29) is 43.8 Å². The highest BCUT2D eigenvalue weighted by Crippen LogP contribution is 2.23. The van der Waals surface area contributed by atoms with E-state index in [9.17, 15) is 18.0 Å². The summed E-state index contributed by atoms with van der Waals surface area (Å²) in [5.41, 5.74) is 3.42. The fourth-order valence-corrected chi connectivity index (χ4v) is 5.62. The van der Waals surface area contributed by atoms with E-state index in [1.165, 1.54) is 4.31 Å². The molecule has 3 rings (SSSR count). The van der Waals surface area contributed by atoms with E-state index < -0.39 is 16.1 Å². The first-order valence-corrected chi connectivity index (χ1v) is 15.6. The van der Waals surface area contributed by atoms with Crippen molar-refractivity contribution in [3.05, 3.63) is 95.6 Å². The predicted octanol–water partition coefficient (Wildman–Crippen LogP) is 4.71. The maximum atomic E-state index is 13.9. The lowest BCUT2D eigenvalue weighted by Crippen LogP contribution is -2.52. The standard InChI is InChI=1S/C32H41N3O5S/c1-24(2)33-32(37)30(22-26-13-7-6-8-14-26)34(23-27-15-10-9-12-25(27)3)31(36)16-11-21-35(41(5,38)39)28-17-19-29(40-4)20-18-28/h6-10,12-15,17-20,24,30H,11,16,21-23H2,1-5H3,(H,33,37)/t30-/m1/s1. The lowest BCUT2D eigenvalue weighted by Gasteiger charge is -2.33. The van der Waals surface area contributed by atoms with Crippen LogP contribution in [0.3, 0.4) is 0 Å². The quantitative estimate of drug-likeness (QED) is 0.298. The zero-order valence-electron chi connectivity index (χ0n) is 24.5. The number of sulfonamides is 1. The lowest BCUT2D eigenvalue weighted by molar-refractivity contribution is -0.141. The number of carbonyl (C=O) groups is 2. The Morgan fingerprint density at radius 1 is 0.927 bits per heavy atom. The normalized spacial score (nSPS) is 12.0. The summed E-state index contributed by atoms with van der Waals surface area (Å²) < 4.78 is 31.7. The van der Waals surface area contributed by atoms with Gasteiger partial charge in [0.15, 0.2) is 0 Å². The van der Waals surface area contributed by atoms with E-state index in [0.29, 0.717) is 17.9 Å². The van der Waals surface area contributed by atoms with E-state index in [0.717, 1.165) is 22.9 Å². The van der Waals surface area contributed by atoms with Crippen LogP contribution >= 0.6 is 0 Å². The number of anilines is 1. The van der Waals surface area contributed by atoms with Gasteiger partial charge in [0.05, 0.1) is 19.1 Å². The Morgan fingerprint density at radius 3 is 2.15 bits per heavy atom. The van der Waals surface area contributed by atoms with Crippen molar-refractivity contribution in [3.8, 4) is 5.75 Å². The van der Waals surface area contributed by atoms with Crippen LogP contribution in [-0.2, 0) is 32.6 Å². The molecule has 220 valence electrons. The monoisotopic (exact) mass is 579 g/mol. The molecule has 3 aromatic carbocycles. The van der Waals surface area contributed by atoms with Crippen molar-refractivity contribution in [2.75, 3.05) is 24.2 Å². The Bertz CT molecular complexity index is 1390. The number of carbonyl (C=O) groups excluding carboxylic acids is 2. The molecule has 0 aliphatic carbocycles. The molecule has 0 unspecified atom stereocenters. The highest BCUT2D eigenvalue weighted by molar-refractivity contribution is 7.92. The SMILES string of the molecule is COc1ccc(N(CCCC(=O)N(Cc2ccccc2C)[C@H](Cc2ccccc2)C(=O)NC(C)C)S(C)(=O)=O)cc1. The second-order valence-electron chi connectivity index (χ2n) is 10.5. The molecule has 0 fully saturated rings. The minimum absolute atomic E-state index is 0.0777. The number of ether oxygens (including phenoxy) is 1. The van der Waals surface area contributed by atoms with Crippen LogP contribution < -0.4 is 14.4 Å². The number of amides is 2. The molecule has 0 aliphatic heterocycles. The van der Waals surface area contributed by atoms with Gasteiger partial charge in [0.2, 0.25) is 21.8 Å². The van der Waals surface area contributed by atoms with Gasteiger partial charge in [-0.2, -0.15) is 0 Å². The molecule has 0 aliphatic rings. The van der Waals surface area contributed by atoms with E-state index in [4.69, 9.17) is 4.74 Å². The summed E-state index contributed by atoms with van der Waals surface area (Å²) in [7, 11) is -2.04. The second-order valence-corrected chi connectivity index (χ2v) is 12.4. The minimum Gasteiger partial charge on any atom is -0.497 e. The van der Waals surface area contributed by atoms with Crippen molar-refractivity contribution in [2.24, 2.45) is 0 Å². The number of hydrogen-bond donors (Lipinski definition) is 1. The van der Waals surface area contributed by atoms with Crippen LogP contribution in [0.2, 0.25) is 0 Å². The van der Waals surface area contributed by atoms with Gasteiger partial charge in [-0.15, -0.1) is 0 Å². The number of nitrogens with zero attached hydrogens (tertiary/aromatic N) is 2. The Hall–Kier alpha value is -3.85. The number of nitrogens with one attached hydrogen (secondary N) is 1. The van der Waals surface area contributed by atoms with Gasteiger partial charge in [0, 0.05) is 32.0 Å². The minimum atomic E-state index is -3.59. The van der Waals surface area contributed by atoms with Crippen molar-refractivity contribution in [2.45, 2.75) is 58.7 Å². The van der Waals surface area contributed by atoms with Gasteiger partial charge < -0.3 is 15.0 Å². The van der Waals surface area contributed by atoms with Gasteiger partial charge in [-0.1, -0.05) is 54.6 Å². The van der Waals surface area contributed by atoms with Gasteiger partial charge in [-0.3, -0.25) is 13.9 Å². The van der Waals surface area contributed by atoms with E-state index >= 15 is 0 Å². The molecule has 0 aromatic heterocycles. The first kappa shape index (κ1) is 31.7. The maximum Gasteiger partial charge on any atom is 0.243 e. The van der Waals surface area contributed by atoms with Crippen LogP contribution in [0.4, 0.5) is 5.69 Å². The summed E-state index contributed by atoms with van der Waals surface area (Å²) in [4.78, 5) is 29.1. The van der Waals surface area contributed by atoms with Crippen molar-refractivity contribution in [3.63, 3.8) is 0 Å². The number of methoxy groups -OCH3 is 1. The molecule has 3 aromatic rings. The maximum absolute atomic E-state index is 13.9. The average Bonchev–Trinajstić information content (AvgIpc) is 2.93. The molecule has 9 heteroatoms. The molecule has 2 amide bonds. The third kappa shape index (κ3) is 9.35. The number of rotatable bonds is 14. The summed E-state index contributed by atoms with van der Waals surface area (Å²) in [6.07, 6.45) is 1.87. The molecule has 1 atom stereocenters. The average molecular weight is 580 g/mol. The molecule has 8 nitrogen and oxygen atoms in total. The summed E-state index contributed by atoms with van der Waals surface area (Å²) >= 11 is 0. The lowest BCUT2D eigenvalue weighted by atomic mass is 10.0. The summed E-state index contributed by atoms with van der Waals surface area (Å²) in [6, 6.07) is 23.4. The zero-order valence-corrected chi connectivity index (χ0v) is 25.4. The third-order valence-electron chi connectivity index (χ3n) is 6.82. The third-order valence-corrected chi connectivity index (χ3v) is 8.01. The molecule has 0 saturated carbocycles. The molecule has 0 heterocycles. The predicted molar refractivity (Wildman–Crippen MR) is 163 cm³/mol. The number of hydrogen-bond acceptors (Lipinski definition) is 5. The molecule has 0 bridgehead atoms. The second kappa shape index (κ2) is 14.7. The molecule has 0 spiro atoms. The van der Waals surface area contributed by atoms with Crippen LogP contribution in [-0.4, -0.2) is 57.1 Å². The van der Waals surface area contributed by atoms with Crippen molar-refractivity contribution in [1.82, 2.24) is 10.2 Å².